The van der Waals surface area contributed by atoms with Gasteiger partial charge in [0.1, 0.15) is 0 Å². The van der Waals surface area contributed by atoms with Crippen LogP contribution in [-0.4, -0.2) is 24.3 Å². The Morgan fingerprint density at radius 1 is 1.19 bits per heavy atom. The van der Waals surface area contributed by atoms with Gasteiger partial charge < -0.3 is 14.6 Å². The molecule has 0 fully saturated rings. The minimum Gasteiger partial charge on any atom is -0.493 e. The highest BCUT2D eigenvalue weighted by atomic mass is 32.1. The van der Waals surface area contributed by atoms with Gasteiger partial charge in [0.25, 0.3) is 0 Å². The largest absolute Gasteiger partial charge is 0.493 e. The first-order valence-electron chi connectivity index (χ1n) is 6.89. The number of aliphatic hydroxyl groups excluding tert-OH is 1. The molecule has 0 radical (unpaired) electrons. The molecule has 5 heteroatoms. The Kier molecular flexibility index (Phi) is 5.20. The minimum atomic E-state index is 0.0527. The van der Waals surface area contributed by atoms with Crippen molar-refractivity contribution in [3.8, 4) is 11.5 Å². The number of ether oxygens (including phenoxy) is 2. The summed E-state index contributed by atoms with van der Waals surface area (Å²) in [5.74, 6) is 1.76. The molecular weight excluding hydrogens is 286 g/mol. The number of hydrogen-bond acceptors (Lipinski definition) is 5. The van der Waals surface area contributed by atoms with Crippen molar-refractivity contribution < 1.29 is 14.6 Å². The molecule has 0 aliphatic heterocycles. The van der Waals surface area contributed by atoms with Gasteiger partial charge in [-0.1, -0.05) is 19.9 Å². The molecule has 0 atom stereocenters. The van der Waals surface area contributed by atoms with E-state index in [0.29, 0.717) is 5.92 Å². The van der Waals surface area contributed by atoms with E-state index in [1.54, 1.807) is 25.6 Å². The van der Waals surface area contributed by atoms with Gasteiger partial charge in [0.15, 0.2) is 11.5 Å². The number of methoxy groups -OCH3 is 2. The fraction of sp³-hybridized carbons (Fsp3) is 0.438. The summed E-state index contributed by atoms with van der Waals surface area (Å²) in [6.07, 6.45) is 0.727. The monoisotopic (exact) mass is 307 g/mol. The SMILES string of the molecule is COc1ccc(Cc2nc(C(C)C)c(CO)s2)cc1OC. The average Bonchev–Trinajstić information content (AvgIpc) is 2.90. The van der Waals surface area contributed by atoms with Crippen LogP contribution in [0.5, 0.6) is 11.5 Å². The maximum atomic E-state index is 9.43. The number of aromatic nitrogens is 1. The summed E-state index contributed by atoms with van der Waals surface area (Å²) in [4.78, 5) is 5.62. The van der Waals surface area contributed by atoms with Crippen molar-refractivity contribution in [2.24, 2.45) is 0 Å². The van der Waals surface area contributed by atoms with Crippen molar-refractivity contribution in [3.05, 3.63) is 39.3 Å². The van der Waals surface area contributed by atoms with Gasteiger partial charge in [0.05, 0.1) is 36.4 Å². The Hall–Kier alpha value is -1.59. The first-order chi connectivity index (χ1) is 10.1. The van der Waals surface area contributed by atoms with E-state index in [-0.39, 0.29) is 6.61 Å². The quantitative estimate of drug-likeness (QED) is 0.889. The summed E-state index contributed by atoms with van der Waals surface area (Å²) in [7, 11) is 3.26. The first kappa shape index (κ1) is 15.8. The molecule has 2 rings (SSSR count). The van der Waals surface area contributed by atoms with Crippen molar-refractivity contribution in [1.29, 1.82) is 0 Å². The van der Waals surface area contributed by atoms with Crippen LogP contribution in [0, 0.1) is 0 Å². The average molecular weight is 307 g/mol. The number of hydrogen-bond donors (Lipinski definition) is 1. The molecule has 1 aromatic carbocycles. The van der Waals surface area contributed by atoms with Gasteiger partial charge in [-0.3, -0.25) is 0 Å². The summed E-state index contributed by atoms with van der Waals surface area (Å²) >= 11 is 1.57. The topological polar surface area (TPSA) is 51.6 Å². The van der Waals surface area contributed by atoms with Crippen LogP contribution >= 0.6 is 11.3 Å². The number of thiazole rings is 1. The molecule has 4 nitrogen and oxygen atoms in total. The van der Waals surface area contributed by atoms with Gasteiger partial charge in [0.2, 0.25) is 0 Å². The lowest BCUT2D eigenvalue weighted by atomic mass is 10.1. The molecule has 0 unspecified atom stereocenters. The van der Waals surface area contributed by atoms with Crippen LogP contribution in [0.1, 0.15) is 40.9 Å². The predicted molar refractivity (Wildman–Crippen MR) is 84.5 cm³/mol. The van der Waals surface area contributed by atoms with Crippen molar-refractivity contribution in [1.82, 2.24) is 4.98 Å². The van der Waals surface area contributed by atoms with Crippen LogP contribution in [0.3, 0.4) is 0 Å². The number of aliphatic hydroxyl groups is 1. The maximum absolute atomic E-state index is 9.43. The fourth-order valence-corrected chi connectivity index (χ4v) is 3.34. The third kappa shape index (κ3) is 3.54. The highest BCUT2D eigenvalue weighted by Crippen LogP contribution is 2.30. The van der Waals surface area contributed by atoms with Gasteiger partial charge in [-0.15, -0.1) is 11.3 Å². The van der Waals surface area contributed by atoms with Crippen LogP contribution < -0.4 is 9.47 Å². The van der Waals surface area contributed by atoms with Crippen LogP contribution in [0.15, 0.2) is 18.2 Å². The zero-order valence-corrected chi connectivity index (χ0v) is 13.7. The molecule has 114 valence electrons. The fourth-order valence-electron chi connectivity index (χ4n) is 2.22. The standard InChI is InChI=1S/C16H21NO3S/c1-10(2)16-14(9-18)21-15(17-16)8-11-5-6-12(19-3)13(7-11)20-4/h5-7,10,18H,8-9H2,1-4H3. The van der Waals surface area contributed by atoms with Gasteiger partial charge in [-0.2, -0.15) is 0 Å². The molecule has 0 spiro atoms. The summed E-state index contributed by atoms with van der Waals surface area (Å²) < 4.78 is 10.6. The van der Waals surface area contributed by atoms with E-state index in [1.165, 1.54) is 0 Å². The zero-order chi connectivity index (χ0) is 15.4. The lowest BCUT2D eigenvalue weighted by Crippen LogP contribution is -1.95. The second-order valence-corrected chi connectivity index (χ2v) is 6.26. The van der Waals surface area contributed by atoms with Gasteiger partial charge in [-0.05, 0) is 23.6 Å². The smallest absolute Gasteiger partial charge is 0.160 e. The molecule has 1 heterocycles. The van der Waals surface area contributed by atoms with Crippen LogP contribution in [0.2, 0.25) is 0 Å². The van der Waals surface area contributed by atoms with Crippen molar-refractivity contribution >= 4 is 11.3 Å². The Morgan fingerprint density at radius 2 is 1.90 bits per heavy atom. The number of benzene rings is 1. The van der Waals surface area contributed by atoms with E-state index in [0.717, 1.165) is 39.1 Å². The highest BCUT2D eigenvalue weighted by Gasteiger charge is 2.14. The molecule has 2 aromatic rings. The molecule has 0 saturated heterocycles. The summed E-state index contributed by atoms with van der Waals surface area (Å²) in [6.45, 7) is 4.24. The Labute approximate surface area is 129 Å². The van der Waals surface area contributed by atoms with E-state index in [9.17, 15) is 5.11 Å². The lowest BCUT2D eigenvalue weighted by Gasteiger charge is -2.08. The van der Waals surface area contributed by atoms with E-state index < -0.39 is 0 Å². The van der Waals surface area contributed by atoms with E-state index in [4.69, 9.17) is 9.47 Å². The van der Waals surface area contributed by atoms with Crippen molar-refractivity contribution in [2.75, 3.05) is 14.2 Å². The molecule has 0 bridgehead atoms. The van der Waals surface area contributed by atoms with Crippen LogP contribution in [0.4, 0.5) is 0 Å². The highest BCUT2D eigenvalue weighted by molar-refractivity contribution is 7.11. The molecule has 0 saturated carbocycles. The van der Waals surface area contributed by atoms with Gasteiger partial charge in [0, 0.05) is 6.42 Å². The summed E-state index contributed by atoms with van der Waals surface area (Å²) in [6, 6.07) is 5.88. The molecule has 0 amide bonds. The molecule has 0 aliphatic carbocycles. The maximum Gasteiger partial charge on any atom is 0.160 e. The van der Waals surface area contributed by atoms with E-state index in [1.807, 2.05) is 18.2 Å². The molecule has 0 aliphatic rings. The van der Waals surface area contributed by atoms with E-state index in [2.05, 4.69) is 18.8 Å². The van der Waals surface area contributed by atoms with Gasteiger partial charge in [-0.25, -0.2) is 4.98 Å². The summed E-state index contributed by atoms with van der Waals surface area (Å²) in [5.41, 5.74) is 2.11. The second kappa shape index (κ2) is 6.91. The van der Waals surface area contributed by atoms with Crippen LogP contribution in [-0.2, 0) is 13.0 Å². The third-order valence-corrected chi connectivity index (χ3v) is 4.32. The Morgan fingerprint density at radius 3 is 2.43 bits per heavy atom. The zero-order valence-electron chi connectivity index (χ0n) is 12.8. The number of nitrogens with zero attached hydrogens (tertiary/aromatic N) is 1. The molecule has 1 N–H and O–H groups in total. The predicted octanol–water partition coefficient (Wildman–Crippen LogP) is 3.37. The van der Waals surface area contributed by atoms with Gasteiger partial charge >= 0.3 is 0 Å². The third-order valence-electron chi connectivity index (χ3n) is 3.27. The Bertz CT molecular complexity index is 608. The summed E-state index contributed by atoms with van der Waals surface area (Å²) in [5, 5.41) is 10.4. The second-order valence-electron chi connectivity index (χ2n) is 5.09. The van der Waals surface area contributed by atoms with Crippen molar-refractivity contribution in [2.45, 2.75) is 32.8 Å². The van der Waals surface area contributed by atoms with Crippen molar-refractivity contribution in [3.63, 3.8) is 0 Å². The van der Waals surface area contributed by atoms with Crippen LogP contribution in [0.25, 0.3) is 0 Å². The normalized spacial score (nSPS) is 11.0. The first-order valence-corrected chi connectivity index (χ1v) is 7.71. The Balaban J connectivity index is 2.26. The molecule has 21 heavy (non-hydrogen) atoms. The lowest BCUT2D eigenvalue weighted by molar-refractivity contribution is 0.283. The van der Waals surface area contributed by atoms with E-state index >= 15 is 0 Å². The minimum absolute atomic E-state index is 0.0527. The molecule has 1 aromatic heterocycles. The molecular formula is C16H21NO3S. The number of rotatable bonds is 6.